The Morgan fingerprint density at radius 1 is 1.27 bits per heavy atom. The third-order valence-electron chi connectivity index (χ3n) is 4.64. The van der Waals surface area contributed by atoms with Gasteiger partial charge in [-0.2, -0.15) is 0 Å². The minimum atomic E-state index is -0.0460. The van der Waals surface area contributed by atoms with Crippen molar-refractivity contribution in [1.82, 2.24) is 14.5 Å². The average molecular weight is 350 g/mol. The van der Waals surface area contributed by atoms with E-state index in [1.807, 2.05) is 41.0 Å². The molecule has 1 aliphatic heterocycles. The Kier molecular flexibility index (Phi) is 4.20. The maximum absolute atomic E-state index is 12.2. The first-order valence-electron chi connectivity index (χ1n) is 8.80. The summed E-state index contributed by atoms with van der Waals surface area (Å²) in [5.74, 6) is 0.716. The molecule has 1 atom stereocenters. The molecule has 1 saturated heterocycles. The lowest BCUT2D eigenvalue weighted by atomic mass is 9.90. The Morgan fingerprint density at radius 3 is 2.85 bits per heavy atom. The van der Waals surface area contributed by atoms with Gasteiger partial charge in [-0.05, 0) is 36.1 Å². The smallest absolute Gasteiger partial charge is 0.227 e. The summed E-state index contributed by atoms with van der Waals surface area (Å²) in [5.41, 5.74) is 2.76. The summed E-state index contributed by atoms with van der Waals surface area (Å²) >= 11 is 0. The molecule has 26 heavy (non-hydrogen) atoms. The zero-order valence-electron chi connectivity index (χ0n) is 15.0. The number of pyridine rings is 1. The second-order valence-corrected chi connectivity index (χ2v) is 7.56. The minimum Gasteiger partial charge on any atom is -0.377 e. The van der Waals surface area contributed by atoms with Crippen LogP contribution in [0.4, 0.5) is 5.69 Å². The number of ether oxygens (including phenoxy) is 1. The molecule has 1 aliphatic rings. The normalized spacial score (nSPS) is 18.9. The van der Waals surface area contributed by atoms with Crippen molar-refractivity contribution in [3.05, 3.63) is 48.9 Å². The van der Waals surface area contributed by atoms with Crippen molar-refractivity contribution in [3.63, 3.8) is 0 Å². The molecule has 1 unspecified atom stereocenters. The number of nitrogens with one attached hydrogen (secondary N) is 1. The molecule has 3 heterocycles. The van der Waals surface area contributed by atoms with Gasteiger partial charge >= 0.3 is 0 Å². The minimum absolute atomic E-state index is 0.00505. The number of carbonyl (C=O) groups is 1. The highest BCUT2D eigenvalue weighted by Gasteiger charge is 2.33. The number of carbonyl (C=O) groups excluding carboxylic acids is 1. The summed E-state index contributed by atoms with van der Waals surface area (Å²) in [6.45, 7) is 5.03. The van der Waals surface area contributed by atoms with E-state index in [0.29, 0.717) is 18.7 Å². The lowest BCUT2D eigenvalue weighted by molar-refractivity contribution is -0.118. The predicted octanol–water partition coefficient (Wildman–Crippen LogP) is 3.56. The summed E-state index contributed by atoms with van der Waals surface area (Å²) in [6, 6.07) is 11.6. The number of amides is 1. The van der Waals surface area contributed by atoms with Crippen LogP contribution in [0, 0.1) is 5.41 Å². The van der Waals surface area contributed by atoms with Crippen LogP contribution in [0.2, 0.25) is 0 Å². The van der Waals surface area contributed by atoms with Crippen LogP contribution in [0.1, 0.15) is 26.7 Å². The van der Waals surface area contributed by atoms with E-state index in [1.54, 1.807) is 12.5 Å². The second-order valence-electron chi connectivity index (χ2n) is 7.56. The SMILES string of the molecule is CC1(C)COC(CC(=O)Nc2ccc(-n3cnc4ccccc43)nc2)C1. The van der Waals surface area contributed by atoms with E-state index >= 15 is 0 Å². The van der Waals surface area contributed by atoms with Gasteiger partial charge in [-0.3, -0.25) is 9.36 Å². The average Bonchev–Trinajstić information content (AvgIpc) is 3.18. The Balaban J connectivity index is 1.42. The molecule has 0 aliphatic carbocycles. The van der Waals surface area contributed by atoms with Crippen LogP contribution in [0.25, 0.3) is 16.9 Å². The number of hydrogen-bond acceptors (Lipinski definition) is 4. The molecule has 0 radical (unpaired) electrons. The summed E-state index contributed by atoms with van der Waals surface area (Å²) in [6.07, 6.45) is 4.70. The molecule has 4 rings (SSSR count). The summed E-state index contributed by atoms with van der Waals surface area (Å²) in [5, 5.41) is 2.90. The maximum Gasteiger partial charge on any atom is 0.227 e. The molecule has 134 valence electrons. The van der Waals surface area contributed by atoms with Crippen LogP contribution in [-0.2, 0) is 9.53 Å². The van der Waals surface area contributed by atoms with Crippen LogP contribution in [0.5, 0.6) is 0 Å². The highest BCUT2D eigenvalue weighted by atomic mass is 16.5. The fourth-order valence-electron chi connectivity index (χ4n) is 3.37. The zero-order valence-corrected chi connectivity index (χ0v) is 15.0. The highest BCUT2D eigenvalue weighted by Crippen LogP contribution is 2.32. The molecule has 1 fully saturated rings. The molecular weight excluding hydrogens is 328 g/mol. The molecule has 0 saturated carbocycles. The van der Waals surface area contributed by atoms with Gasteiger partial charge in [-0.1, -0.05) is 26.0 Å². The molecule has 6 heteroatoms. The van der Waals surface area contributed by atoms with Crippen molar-refractivity contribution in [3.8, 4) is 5.82 Å². The van der Waals surface area contributed by atoms with Gasteiger partial charge in [0, 0.05) is 0 Å². The Hall–Kier alpha value is -2.73. The van der Waals surface area contributed by atoms with Gasteiger partial charge in [0.2, 0.25) is 5.91 Å². The lowest BCUT2D eigenvalue weighted by Gasteiger charge is -2.13. The standard InChI is InChI=1S/C20H22N4O2/c1-20(2)10-15(26-12-20)9-19(25)23-14-7-8-18(21-11-14)24-13-22-16-5-3-4-6-17(16)24/h3-8,11,13,15H,9-10,12H2,1-2H3,(H,23,25). The summed E-state index contributed by atoms with van der Waals surface area (Å²) in [7, 11) is 0. The molecule has 1 N–H and O–H groups in total. The summed E-state index contributed by atoms with van der Waals surface area (Å²) in [4.78, 5) is 21.1. The number of para-hydroxylation sites is 2. The van der Waals surface area contributed by atoms with Crippen molar-refractivity contribution in [1.29, 1.82) is 0 Å². The molecule has 0 spiro atoms. The Labute approximate surface area is 152 Å². The maximum atomic E-state index is 12.2. The number of hydrogen-bond donors (Lipinski definition) is 1. The van der Waals surface area contributed by atoms with Crippen molar-refractivity contribution in [2.75, 3.05) is 11.9 Å². The van der Waals surface area contributed by atoms with E-state index in [1.165, 1.54) is 0 Å². The molecular formula is C20H22N4O2. The number of aromatic nitrogens is 3. The van der Waals surface area contributed by atoms with E-state index < -0.39 is 0 Å². The molecule has 1 aromatic carbocycles. The number of nitrogens with zero attached hydrogens (tertiary/aromatic N) is 3. The monoisotopic (exact) mass is 350 g/mol. The topological polar surface area (TPSA) is 69.0 Å². The number of rotatable bonds is 4. The molecule has 6 nitrogen and oxygen atoms in total. The van der Waals surface area contributed by atoms with E-state index in [-0.39, 0.29) is 17.4 Å². The largest absolute Gasteiger partial charge is 0.377 e. The van der Waals surface area contributed by atoms with E-state index in [2.05, 4.69) is 29.1 Å². The van der Waals surface area contributed by atoms with Crippen LogP contribution in [0.3, 0.4) is 0 Å². The summed E-state index contributed by atoms with van der Waals surface area (Å²) < 4.78 is 7.62. The predicted molar refractivity (Wildman–Crippen MR) is 100 cm³/mol. The third-order valence-corrected chi connectivity index (χ3v) is 4.64. The number of fused-ring (bicyclic) bond motifs is 1. The van der Waals surface area contributed by atoms with E-state index in [0.717, 1.165) is 23.3 Å². The van der Waals surface area contributed by atoms with Crippen molar-refractivity contribution in [2.45, 2.75) is 32.8 Å². The number of benzene rings is 1. The van der Waals surface area contributed by atoms with Crippen molar-refractivity contribution in [2.24, 2.45) is 5.41 Å². The van der Waals surface area contributed by atoms with Crippen LogP contribution < -0.4 is 5.32 Å². The van der Waals surface area contributed by atoms with E-state index in [4.69, 9.17) is 4.74 Å². The number of imidazole rings is 1. The quantitative estimate of drug-likeness (QED) is 0.781. The Bertz CT molecular complexity index is 930. The van der Waals surface area contributed by atoms with Gasteiger partial charge in [0.15, 0.2) is 0 Å². The third kappa shape index (κ3) is 3.46. The van der Waals surface area contributed by atoms with E-state index in [9.17, 15) is 4.79 Å². The fourth-order valence-corrected chi connectivity index (χ4v) is 3.37. The van der Waals surface area contributed by atoms with Gasteiger partial charge in [-0.25, -0.2) is 9.97 Å². The first-order chi connectivity index (χ1) is 12.5. The van der Waals surface area contributed by atoms with Gasteiger partial charge in [0.05, 0.1) is 42.0 Å². The first-order valence-corrected chi connectivity index (χ1v) is 8.80. The number of anilines is 1. The van der Waals surface area contributed by atoms with Gasteiger partial charge in [-0.15, -0.1) is 0 Å². The van der Waals surface area contributed by atoms with Crippen LogP contribution in [0.15, 0.2) is 48.9 Å². The molecule has 2 aromatic heterocycles. The van der Waals surface area contributed by atoms with Gasteiger partial charge in [0.1, 0.15) is 12.1 Å². The second kappa shape index (κ2) is 6.53. The molecule has 0 bridgehead atoms. The van der Waals surface area contributed by atoms with Crippen LogP contribution in [-0.4, -0.2) is 33.2 Å². The zero-order chi connectivity index (χ0) is 18.1. The van der Waals surface area contributed by atoms with Crippen molar-refractivity contribution >= 4 is 22.6 Å². The Morgan fingerprint density at radius 2 is 2.12 bits per heavy atom. The van der Waals surface area contributed by atoms with Crippen LogP contribution >= 0.6 is 0 Å². The fraction of sp³-hybridized carbons (Fsp3) is 0.350. The molecule has 3 aromatic rings. The van der Waals surface area contributed by atoms with Gasteiger partial charge in [0.25, 0.3) is 0 Å². The highest BCUT2D eigenvalue weighted by molar-refractivity contribution is 5.91. The lowest BCUT2D eigenvalue weighted by Crippen LogP contribution is -2.20. The van der Waals surface area contributed by atoms with Gasteiger partial charge < -0.3 is 10.1 Å². The molecule has 1 amide bonds. The first kappa shape index (κ1) is 16.7. The van der Waals surface area contributed by atoms with Crippen molar-refractivity contribution < 1.29 is 9.53 Å².